The van der Waals surface area contributed by atoms with Gasteiger partial charge in [-0.1, -0.05) is 11.3 Å². The number of aromatic nitrogens is 1. The highest BCUT2D eigenvalue weighted by atomic mass is 32.1. The number of carbonyl (C=O) groups is 1. The predicted molar refractivity (Wildman–Crippen MR) is 77.5 cm³/mol. The van der Waals surface area contributed by atoms with Crippen LogP contribution >= 0.6 is 11.3 Å². The van der Waals surface area contributed by atoms with Crippen LogP contribution < -0.4 is 10.6 Å². The van der Waals surface area contributed by atoms with Gasteiger partial charge in [0.25, 0.3) is 5.91 Å². The molecule has 0 spiro atoms. The van der Waals surface area contributed by atoms with Gasteiger partial charge in [-0.2, -0.15) is 0 Å². The topological polar surface area (TPSA) is 81.1 Å². The monoisotopic (exact) mass is 281 g/mol. The van der Waals surface area contributed by atoms with Gasteiger partial charge in [0.1, 0.15) is 10.7 Å². The van der Waals surface area contributed by atoms with Gasteiger partial charge in [0, 0.05) is 19.3 Å². The van der Waals surface area contributed by atoms with Gasteiger partial charge >= 0.3 is 0 Å². The summed E-state index contributed by atoms with van der Waals surface area (Å²) in [5, 5.41) is 14.4. The summed E-state index contributed by atoms with van der Waals surface area (Å²) in [6.07, 6.45) is 3.11. The standard InChI is InChI=1S/C12H19N5OS/c1-14-11-9(7-13)16-12(19-11)10(18)15-8-3-5-17(2)6-4-8/h7-8,13-14H,3-6H2,1-2H3,(H,15,18). The Morgan fingerprint density at radius 2 is 2.21 bits per heavy atom. The molecule has 1 amide bonds. The Bertz CT molecular complexity index is 465. The number of amides is 1. The van der Waals surface area contributed by atoms with Crippen molar-refractivity contribution in [2.24, 2.45) is 0 Å². The Kier molecular flexibility index (Phi) is 4.49. The van der Waals surface area contributed by atoms with E-state index in [2.05, 4.69) is 27.6 Å². The molecule has 0 bridgehead atoms. The van der Waals surface area contributed by atoms with Crippen molar-refractivity contribution < 1.29 is 4.79 Å². The quantitative estimate of drug-likeness (QED) is 0.719. The minimum atomic E-state index is -0.135. The van der Waals surface area contributed by atoms with Crippen molar-refractivity contribution in [3.05, 3.63) is 10.7 Å². The van der Waals surface area contributed by atoms with E-state index >= 15 is 0 Å². The van der Waals surface area contributed by atoms with Gasteiger partial charge in [-0.05, 0) is 33.0 Å². The number of nitrogens with one attached hydrogen (secondary N) is 3. The Morgan fingerprint density at radius 3 is 2.74 bits per heavy atom. The lowest BCUT2D eigenvalue weighted by molar-refractivity contribution is 0.0916. The molecule has 0 aliphatic carbocycles. The second kappa shape index (κ2) is 6.12. The predicted octanol–water partition coefficient (Wildman–Crippen LogP) is 1.01. The zero-order valence-corrected chi connectivity index (χ0v) is 12.0. The third kappa shape index (κ3) is 3.30. The molecule has 2 rings (SSSR count). The van der Waals surface area contributed by atoms with Gasteiger partial charge in [0.05, 0.1) is 0 Å². The summed E-state index contributed by atoms with van der Waals surface area (Å²) in [4.78, 5) is 18.5. The number of nitrogens with zero attached hydrogens (tertiary/aromatic N) is 2. The normalized spacial score (nSPS) is 17.2. The van der Waals surface area contributed by atoms with Crippen LogP contribution in [0.4, 0.5) is 5.00 Å². The van der Waals surface area contributed by atoms with Crippen molar-refractivity contribution >= 4 is 28.5 Å². The molecule has 1 saturated heterocycles. The van der Waals surface area contributed by atoms with E-state index in [0.29, 0.717) is 10.7 Å². The van der Waals surface area contributed by atoms with E-state index < -0.39 is 0 Å². The fourth-order valence-corrected chi connectivity index (χ4v) is 2.91. The Balaban J connectivity index is 1.99. The van der Waals surface area contributed by atoms with Gasteiger partial charge in [0.2, 0.25) is 0 Å². The molecule has 1 aliphatic heterocycles. The number of anilines is 1. The molecule has 0 aromatic carbocycles. The molecule has 0 saturated carbocycles. The smallest absolute Gasteiger partial charge is 0.280 e. The number of piperidine rings is 1. The van der Waals surface area contributed by atoms with Crippen LogP contribution in [0.3, 0.4) is 0 Å². The van der Waals surface area contributed by atoms with E-state index in [1.165, 1.54) is 11.3 Å². The van der Waals surface area contributed by atoms with E-state index in [1.54, 1.807) is 7.05 Å². The number of thiazole rings is 1. The van der Waals surface area contributed by atoms with Gasteiger partial charge in [-0.3, -0.25) is 4.79 Å². The molecule has 2 heterocycles. The summed E-state index contributed by atoms with van der Waals surface area (Å²) in [5.41, 5.74) is 0.515. The molecule has 0 unspecified atom stereocenters. The maximum Gasteiger partial charge on any atom is 0.280 e. The highest BCUT2D eigenvalue weighted by molar-refractivity contribution is 7.17. The molecule has 1 aliphatic rings. The molecule has 7 heteroatoms. The van der Waals surface area contributed by atoms with Gasteiger partial charge < -0.3 is 20.9 Å². The van der Waals surface area contributed by atoms with Gasteiger partial charge in [-0.15, -0.1) is 0 Å². The van der Waals surface area contributed by atoms with E-state index in [1.807, 2.05) is 0 Å². The summed E-state index contributed by atoms with van der Waals surface area (Å²) in [5.74, 6) is -0.135. The summed E-state index contributed by atoms with van der Waals surface area (Å²) in [6, 6.07) is 0.231. The number of hydrogen-bond donors (Lipinski definition) is 3. The van der Waals surface area contributed by atoms with Gasteiger partial charge in [0.15, 0.2) is 5.01 Å². The Labute approximate surface area is 116 Å². The fraction of sp³-hybridized carbons (Fsp3) is 0.583. The first kappa shape index (κ1) is 14.0. The van der Waals surface area contributed by atoms with Crippen LogP contribution in [0.2, 0.25) is 0 Å². The SMILES string of the molecule is CNc1sc(C(=O)NC2CCN(C)CC2)nc1C=N. The minimum absolute atomic E-state index is 0.135. The van der Waals surface area contributed by atoms with Crippen molar-refractivity contribution in [1.29, 1.82) is 5.41 Å². The van der Waals surface area contributed by atoms with Crippen LogP contribution in [-0.4, -0.2) is 55.2 Å². The van der Waals surface area contributed by atoms with Crippen LogP contribution in [0.1, 0.15) is 28.3 Å². The largest absolute Gasteiger partial charge is 0.378 e. The molecule has 0 atom stereocenters. The number of hydrogen-bond acceptors (Lipinski definition) is 6. The fourth-order valence-electron chi connectivity index (χ4n) is 2.11. The first-order valence-corrected chi connectivity index (χ1v) is 7.14. The molecular formula is C12H19N5OS. The van der Waals surface area contributed by atoms with Gasteiger partial charge in [-0.25, -0.2) is 4.98 Å². The summed E-state index contributed by atoms with van der Waals surface area (Å²) >= 11 is 1.29. The molecule has 104 valence electrons. The summed E-state index contributed by atoms with van der Waals surface area (Å²) < 4.78 is 0. The second-order valence-corrected chi connectivity index (χ2v) is 5.68. The second-order valence-electron chi connectivity index (χ2n) is 4.68. The Hall–Kier alpha value is -1.47. The zero-order chi connectivity index (χ0) is 13.8. The summed E-state index contributed by atoms with van der Waals surface area (Å²) in [7, 11) is 3.85. The van der Waals surface area contributed by atoms with Crippen molar-refractivity contribution in [1.82, 2.24) is 15.2 Å². The van der Waals surface area contributed by atoms with E-state index in [0.717, 1.165) is 37.1 Å². The zero-order valence-electron chi connectivity index (χ0n) is 11.2. The lowest BCUT2D eigenvalue weighted by Gasteiger charge is -2.29. The van der Waals surface area contributed by atoms with E-state index in [9.17, 15) is 4.79 Å². The van der Waals surface area contributed by atoms with Crippen molar-refractivity contribution in [3.8, 4) is 0 Å². The van der Waals surface area contributed by atoms with E-state index in [4.69, 9.17) is 5.41 Å². The van der Waals surface area contributed by atoms with Crippen LogP contribution in [0.25, 0.3) is 0 Å². The first-order chi connectivity index (χ1) is 9.13. The first-order valence-electron chi connectivity index (χ1n) is 6.32. The third-order valence-electron chi connectivity index (χ3n) is 3.27. The molecular weight excluding hydrogens is 262 g/mol. The lowest BCUT2D eigenvalue weighted by atomic mass is 10.1. The van der Waals surface area contributed by atoms with Crippen LogP contribution in [0, 0.1) is 5.41 Å². The van der Waals surface area contributed by atoms with Crippen LogP contribution in [0.15, 0.2) is 0 Å². The Morgan fingerprint density at radius 1 is 1.53 bits per heavy atom. The molecule has 1 aromatic rings. The average molecular weight is 281 g/mol. The lowest BCUT2D eigenvalue weighted by Crippen LogP contribution is -2.43. The summed E-state index contributed by atoms with van der Waals surface area (Å²) in [6.45, 7) is 2.02. The average Bonchev–Trinajstić information content (AvgIpc) is 2.84. The highest BCUT2D eigenvalue weighted by Crippen LogP contribution is 2.23. The minimum Gasteiger partial charge on any atom is -0.378 e. The molecule has 0 radical (unpaired) electrons. The molecule has 1 fully saturated rings. The van der Waals surface area contributed by atoms with Crippen molar-refractivity contribution in [2.75, 3.05) is 32.5 Å². The number of rotatable bonds is 4. The molecule has 19 heavy (non-hydrogen) atoms. The van der Waals surface area contributed by atoms with Crippen LogP contribution in [-0.2, 0) is 0 Å². The molecule has 3 N–H and O–H groups in total. The highest BCUT2D eigenvalue weighted by Gasteiger charge is 2.21. The van der Waals surface area contributed by atoms with Crippen molar-refractivity contribution in [2.45, 2.75) is 18.9 Å². The maximum atomic E-state index is 12.1. The maximum absolute atomic E-state index is 12.1. The molecule has 6 nitrogen and oxygen atoms in total. The third-order valence-corrected chi connectivity index (χ3v) is 4.35. The van der Waals surface area contributed by atoms with Crippen molar-refractivity contribution in [3.63, 3.8) is 0 Å². The molecule has 1 aromatic heterocycles. The van der Waals surface area contributed by atoms with Crippen LogP contribution in [0.5, 0.6) is 0 Å². The van der Waals surface area contributed by atoms with E-state index in [-0.39, 0.29) is 11.9 Å². The number of likely N-dealkylation sites (tertiary alicyclic amines) is 1. The number of carbonyl (C=O) groups excluding carboxylic acids is 1.